The number of ether oxygens (including phenoxy) is 2. The van der Waals surface area contributed by atoms with Crippen molar-refractivity contribution in [2.45, 2.75) is 58.6 Å². The molecule has 112 valence electrons. The Hall–Kier alpha value is -1.22. The van der Waals surface area contributed by atoms with Crippen LogP contribution in [0, 0.1) is 5.41 Å². The first kappa shape index (κ1) is 15.2. The molecule has 0 aliphatic heterocycles. The maximum absolute atomic E-state index is 6.24. The summed E-state index contributed by atoms with van der Waals surface area (Å²) in [7, 11) is 0. The highest BCUT2D eigenvalue weighted by Gasteiger charge is 2.52. The molecule has 2 atom stereocenters. The Kier molecular flexibility index (Phi) is 4.92. The minimum Gasteiger partial charge on any atom is -0.490 e. The van der Waals surface area contributed by atoms with Gasteiger partial charge in [0.15, 0.2) is 11.5 Å². The summed E-state index contributed by atoms with van der Waals surface area (Å²) in [5.41, 5.74) is 6.35. The molecule has 1 aliphatic carbocycles. The molecule has 1 aliphatic rings. The summed E-state index contributed by atoms with van der Waals surface area (Å²) in [5, 5.41) is 0. The molecule has 1 aromatic carbocycles. The Balaban J connectivity index is 2.10. The van der Waals surface area contributed by atoms with E-state index in [0.29, 0.717) is 0 Å². The Morgan fingerprint density at radius 3 is 2.35 bits per heavy atom. The lowest BCUT2D eigenvalue weighted by Gasteiger charge is -2.53. The van der Waals surface area contributed by atoms with Crippen LogP contribution in [0.5, 0.6) is 11.5 Å². The van der Waals surface area contributed by atoms with Gasteiger partial charge in [0.05, 0.1) is 6.61 Å². The van der Waals surface area contributed by atoms with Gasteiger partial charge in [0, 0.05) is 17.9 Å². The average Bonchev–Trinajstić information content (AvgIpc) is 2.47. The molecule has 2 unspecified atom stereocenters. The molecular weight excluding hydrogens is 250 g/mol. The summed E-state index contributed by atoms with van der Waals surface area (Å²) in [6.45, 7) is 7.24. The molecule has 1 saturated carbocycles. The van der Waals surface area contributed by atoms with Gasteiger partial charge in [-0.2, -0.15) is 0 Å². The molecule has 0 bridgehead atoms. The number of rotatable bonds is 7. The fourth-order valence-electron chi connectivity index (χ4n) is 3.21. The van der Waals surface area contributed by atoms with Gasteiger partial charge in [-0.15, -0.1) is 0 Å². The fraction of sp³-hybridized carbons (Fsp3) is 0.647. The van der Waals surface area contributed by atoms with Crippen molar-refractivity contribution in [3.05, 3.63) is 24.3 Å². The summed E-state index contributed by atoms with van der Waals surface area (Å²) in [5.74, 6) is 1.69. The van der Waals surface area contributed by atoms with E-state index in [0.717, 1.165) is 43.8 Å². The van der Waals surface area contributed by atoms with Crippen LogP contribution in [0.4, 0.5) is 0 Å². The zero-order valence-corrected chi connectivity index (χ0v) is 12.9. The van der Waals surface area contributed by atoms with Crippen LogP contribution in [0.3, 0.4) is 0 Å². The minimum absolute atomic E-state index is 0.123. The number of hydrogen-bond donors (Lipinski definition) is 1. The lowest BCUT2D eigenvalue weighted by Crippen LogP contribution is -2.62. The van der Waals surface area contributed by atoms with Crippen molar-refractivity contribution in [3.63, 3.8) is 0 Å². The van der Waals surface area contributed by atoms with Gasteiger partial charge in [-0.3, -0.25) is 0 Å². The SMILES string of the molecule is CCCOc1ccccc1OC1CC(N)C1(CC)CC. The van der Waals surface area contributed by atoms with Crippen molar-refractivity contribution >= 4 is 0 Å². The van der Waals surface area contributed by atoms with Crippen LogP contribution < -0.4 is 15.2 Å². The molecule has 3 heteroatoms. The van der Waals surface area contributed by atoms with Crippen molar-refractivity contribution in [2.75, 3.05) is 6.61 Å². The van der Waals surface area contributed by atoms with Crippen LogP contribution in [0.15, 0.2) is 24.3 Å². The van der Waals surface area contributed by atoms with Crippen LogP contribution >= 0.6 is 0 Å². The van der Waals surface area contributed by atoms with Gasteiger partial charge < -0.3 is 15.2 Å². The predicted molar refractivity (Wildman–Crippen MR) is 82.3 cm³/mol. The molecular formula is C17H27NO2. The molecule has 3 nitrogen and oxygen atoms in total. The Morgan fingerprint density at radius 2 is 1.80 bits per heavy atom. The highest BCUT2D eigenvalue weighted by atomic mass is 16.5. The van der Waals surface area contributed by atoms with Gasteiger partial charge in [-0.05, 0) is 31.4 Å². The normalized spacial score (nSPS) is 24.0. The molecule has 0 amide bonds. The first-order valence-electron chi connectivity index (χ1n) is 7.82. The second-order valence-corrected chi connectivity index (χ2v) is 5.68. The van der Waals surface area contributed by atoms with E-state index in [4.69, 9.17) is 15.2 Å². The summed E-state index contributed by atoms with van der Waals surface area (Å²) >= 11 is 0. The number of benzene rings is 1. The molecule has 1 fully saturated rings. The molecule has 0 spiro atoms. The van der Waals surface area contributed by atoms with E-state index in [1.54, 1.807) is 0 Å². The van der Waals surface area contributed by atoms with Crippen LogP contribution in [-0.4, -0.2) is 18.8 Å². The lowest BCUT2D eigenvalue weighted by atomic mass is 9.59. The van der Waals surface area contributed by atoms with Gasteiger partial charge in [0.1, 0.15) is 6.10 Å². The minimum atomic E-state index is 0.123. The zero-order chi connectivity index (χ0) is 14.6. The molecule has 0 saturated heterocycles. The van der Waals surface area contributed by atoms with Gasteiger partial charge in [-0.1, -0.05) is 32.9 Å². The standard InChI is InChI=1S/C17H27NO2/c1-4-11-19-13-9-7-8-10-14(13)20-16-12-15(18)17(16,5-2)6-3/h7-10,15-16H,4-6,11-12,18H2,1-3H3. The predicted octanol–water partition coefficient (Wildman–Crippen LogP) is 3.76. The molecule has 1 aromatic rings. The third-order valence-corrected chi connectivity index (χ3v) is 4.74. The molecule has 2 rings (SSSR count). The van der Waals surface area contributed by atoms with Gasteiger partial charge in [0.25, 0.3) is 0 Å². The topological polar surface area (TPSA) is 44.5 Å². The second-order valence-electron chi connectivity index (χ2n) is 5.68. The maximum atomic E-state index is 6.24. The van der Waals surface area contributed by atoms with E-state index in [9.17, 15) is 0 Å². The molecule has 20 heavy (non-hydrogen) atoms. The van der Waals surface area contributed by atoms with Gasteiger partial charge in [0.2, 0.25) is 0 Å². The zero-order valence-electron chi connectivity index (χ0n) is 12.9. The molecule has 0 heterocycles. The monoisotopic (exact) mass is 277 g/mol. The average molecular weight is 277 g/mol. The van der Waals surface area contributed by atoms with Crippen molar-refractivity contribution < 1.29 is 9.47 Å². The quantitative estimate of drug-likeness (QED) is 0.825. The molecule has 0 radical (unpaired) electrons. The second kappa shape index (κ2) is 6.49. The van der Waals surface area contributed by atoms with Crippen LogP contribution in [0.1, 0.15) is 46.5 Å². The van der Waals surface area contributed by atoms with Crippen LogP contribution in [-0.2, 0) is 0 Å². The smallest absolute Gasteiger partial charge is 0.161 e. The highest BCUT2D eigenvalue weighted by Crippen LogP contribution is 2.48. The van der Waals surface area contributed by atoms with E-state index in [1.807, 2.05) is 24.3 Å². The largest absolute Gasteiger partial charge is 0.490 e. The summed E-state index contributed by atoms with van der Waals surface area (Å²) < 4.78 is 12.0. The van der Waals surface area contributed by atoms with E-state index >= 15 is 0 Å². The summed E-state index contributed by atoms with van der Waals surface area (Å²) in [6, 6.07) is 8.20. The van der Waals surface area contributed by atoms with Gasteiger partial charge >= 0.3 is 0 Å². The third-order valence-electron chi connectivity index (χ3n) is 4.74. The highest BCUT2D eigenvalue weighted by molar-refractivity contribution is 5.40. The number of para-hydroxylation sites is 2. The van der Waals surface area contributed by atoms with Gasteiger partial charge in [-0.25, -0.2) is 0 Å². The first-order chi connectivity index (χ1) is 9.67. The number of hydrogen-bond acceptors (Lipinski definition) is 3. The van der Waals surface area contributed by atoms with E-state index in [-0.39, 0.29) is 17.6 Å². The molecule has 2 N–H and O–H groups in total. The molecule has 0 aromatic heterocycles. The fourth-order valence-corrected chi connectivity index (χ4v) is 3.21. The lowest BCUT2D eigenvalue weighted by molar-refractivity contribution is -0.0732. The van der Waals surface area contributed by atoms with Crippen molar-refractivity contribution in [1.29, 1.82) is 0 Å². The van der Waals surface area contributed by atoms with Crippen molar-refractivity contribution in [2.24, 2.45) is 11.1 Å². The van der Waals surface area contributed by atoms with E-state index in [2.05, 4.69) is 20.8 Å². The summed E-state index contributed by atoms with van der Waals surface area (Å²) in [4.78, 5) is 0. The van der Waals surface area contributed by atoms with Crippen molar-refractivity contribution in [3.8, 4) is 11.5 Å². The Bertz CT molecular complexity index is 429. The number of nitrogens with two attached hydrogens (primary N) is 1. The first-order valence-corrected chi connectivity index (χ1v) is 7.82. The van der Waals surface area contributed by atoms with E-state index in [1.165, 1.54) is 0 Å². The summed E-state index contributed by atoms with van der Waals surface area (Å²) in [6.07, 6.45) is 4.26. The maximum Gasteiger partial charge on any atom is 0.161 e. The van der Waals surface area contributed by atoms with E-state index < -0.39 is 0 Å². The van der Waals surface area contributed by atoms with Crippen LogP contribution in [0.2, 0.25) is 0 Å². The Morgan fingerprint density at radius 1 is 1.15 bits per heavy atom. The van der Waals surface area contributed by atoms with Crippen LogP contribution in [0.25, 0.3) is 0 Å². The third kappa shape index (κ3) is 2.64. The Labute approximate surface area is 122 Å². The van der Waals surface area contributed by atoms with Crippen molar-refractivity contribution in [1.82, 2.24) is 0 Å².